The Morgan fingerprint density at radius 1 is 0.731 bits per heavy atom. The maximum Gasteiger partial charge on any atom is 0.274 e. The molecule has 8 aromatic rings. The lowest BCUT2D eigenvalue weighted by Crippen LogP contribution is -2.15. The Labute approximate surface area is 496 Å². The van der Waals surface area contributed by atoms with Crippen molar-refractivity contribution in [2.75, 3.05) is 26.7 Å². The van der Waals surface area contributed by atoms with Gasteiger partial charge in [0.2, 0.25) is 0 Å². The Balaban J connectivity index is 0.000000171. The van der Waals surface area contributed by atoms with E-state index in [0.29, 0.717) is 16.6 Å². The zero-order valence-corrected chi connectivity index (χ0v) is 53.1. The van der Waals surface area contributed by atoms with Crippen molar-refractivity contribution in [3.8, 4) is 23.2 Å². The van der Waals surface area contributed by atoms with Crippen LogP contribution in [0.5, 0.6) is 5.75 Å². The third-order valence-corrected chi connectivity index (χ3v) is 17.0. The molecule has 0 amide bonds. The highest BCUT2D eigenvalue weighted by molar-refractivity contribution is 9.12. The Bertz CT molecular complexity index is 3590. The molecule has 1 N–H and O–H groups in total. The maximum atomic E-state index is 11.7. The first kappa shape index (κ1) is 62.6. The number of methoxy groups -OCH3 is 1. The van der Waals surface area contributed by atoms with Gasteiger partial charge in [-0.2, -0.15) is 20.6 Å². The van der Waals surface area contributed by atoms with E-state index < -0.39 is 0 Å². The van der Waals surface area contributed by atoms with E-state index in [9.17, 15) is 4.79 Å². The zero-order valence-electron chi connectivity index (χ0n) is 46.0. The lowest BCUT2D eigenvalue weighted by Gasteiger charge is -2.05. The van der Waals surface area contributed by atoms with Crippen LogP contribution in [0, 0.1) is 52.9 Å². The van der Waals surface area contributed by atoms with Gasteiger partial charge in [-0.25, -0.2) is 9.36 Å². The molecule has 78 heavy (non-hydrogen) atoms. The van der Waals surface area contributed by atoms with Crippen LogP contribution in [0.1, 0.15) is 67.3 Å². The molecular weight excluding hydrogens is 1240 g/mol. The number of aliphatic imine (C=N–C) groups is 3. The van der Waals surface area contributed by atoms with E-state index in [1.165, 1.54) is 37.2 Å². The topological polar surface area (TPSA) is 161 Å². The summed E-state index contributed by atoms with van der Waals surface area (Å²) in [6, 6.07) is 27.1. The highest BCUT2D eigenvalue weighted by atomic mass is 79.9. The van der Waals surface area contributed by atoms with Crippen molar-refractivity contribution >= 4 is 116 Å². The number of nitriles is 1. The number of ether oxygens (including phenoxy) is 1. The summed E-state index contributed by atoms with van der Waals surface area (Å²) < 4.78 is 16.8. The number of aryl methyl sites for hydroxylation is 5. The second-order valence-electron chi connectivity index (χ2n) is 18.1. The molecule has 0 saturated heterocycles. The van der Waals surface area contributed by atoms with Crippen molar-refractivity contribution in [1.82, 2.24) is 39.1 Å². The van der Waals surface area contributed by atoms with E-state index in [4.69, 9.17) is 33.2 Å². The highest BCUT2D eigenvalue weighted by Gasteiger charge is 2.13. The first-order chi connectivity index (χ1) is 37.1. The SMILES string of the molecule is CC1=C(C#N)C=NC1.CC1=NCC(C)=C1Br.COc1ccc(C2=C(C)CN=C2)cc1.Cc1[nH]n(-c2ccccc2)c(=O)c1C.Cc1c(Br)cnn1C.Cc1c2sccc2nn1-c1cc(Cl)cc(Cl)c1.Cc1nn(C)c(C)c1Br. The molecule has 5 aromatic heterocycles. The van der Waals surface area contributed by atoms with E-state index in [1.54, 1.807) is 41.6 Å². The standard InChI is InChI=1S/C12H8Cl2N2S.C12H13NO.C11H12N2O.C6H9BrN2.C6H8BrN.C6H6N2.C5H7BrN2/c1-7-12-11(2-3-17-12)15-16(7)10-5-8(13)4-9(14)6-10;1-9-7-13-8-12(9)10-3-5-11(14-2)6-4-10;1-8-9(2)12-13(11(8)14)10-6-4-3-5-7-10;1-4-6(7)5(2)9(3)8-4;1-4-3-8-5(2)6(4)7;1-5-3-8-4-6(5)2-7;1-4-5(6)3-7-8(4)2/h2-6H,1H3;3-6,8H,7H2,1-2H3;3-7,12H,1-2H3;1-3H3;3H2,1-2H3;4H,3H2,1H3;3H,1-2H3. The molecule has 8 heterocycles. The number of benzene rings is 3. The van der Waals surface area contributed by atoms with E-state index in [2.05, 4.69) is 109 Å². The maximum absolute atomic E-state index is 11.7. The predicted molar refractivity (Wildman–Crippen MR) is 336 cm³/mol. The first-order valence-electron chi connectivity index (χ1n) is 24.4. The molecule has 11 rings (SSSR count). The Morgan fingerprint density at radius 3 is 1.76 bits per heavy atom. The molecule has 3 aliphatic heterocycles. The van der Waals surface area contributed by atoms with Gasteiger partial charge in [-0.3, -0.25) is 34.2 Å². The summed E-state index contributed by atoms with van der Waals surface area (Å²) in [6.45, 7) is 22.4. The number of para-hydroxylation sites is 1. The van der Waals surface area contributed by atoms with Crippen LogP contribution in [0.15, 0.2) is 146 Å². The number of nitrogens with zero attached hydrogens (tertiary/aromatic N) is 11. The number of aromatic nitrogens is 8. The monoisotopic (exact) mass is 1300 g/mol. The minimum absolute atomic E-state index is 0.0219. The van der Waals surface area contributed by atoms with Crippen LogP contribution in [0.25, 0.3) is 27.2 Å². The van der Waals surface area contributed by atoms with Crippen LogP contribution in [0.3, 0.4) is 0 Å². The van der Waals surface area contributed by atoms with E-state index in [1.807, 2.05) is 162 Å². The van der Waals surface area contributed by atoms with Gasteiger partial charge >= 0.3 is 0 Å². The van der Waals surface area contributed by atoms with Gasteiger partial charge in [0.15, 0.2) is 0 Å². The molecule has 408 valence electrons. The molecule has 0 atom stereocenters. The number of aromatic amines is 1. The number of hydrogen-bond acceptors (Lipinski definition) is 10. The van der Waals surface area contributed by atoms with Gasteiger partial charge in [0.25, 0.3) is 5.56 Å². The third kappa shape index (κ3) is 16.9. The third-order valence-electron chi connectivity index (χ3n) is 12.4. The van der Waals surface area contributed by atoms with Gasteiger partial charge in [-0.15, -0.1) is 11.3 Å². The number of rotatable bonds is 4. The smallest absolute Gasteiger partial charge is 0.274 e. The number of nitrogens with one attached hydrogen (secondary N) is 1. The van der Waals surface area contributed by atoms with Crippen molar-refractivity contribution in [3.05, 3.63) is 186 Å². The quantitative estimate of drug-likeness (QED) is 0.184. The number of H-pyrrole nitrogens is 1. The van der Waals surface area contributed by atoms with Crippen molar-refractivity contribution < 1.29 is 4.74 Å². The van der Waals surface area contributed by atoms with Gasteiger partial charge in [-0.05, 0) is 193 Å². The molecule has 20 heteroatoms. The van der Waals surface area contributed by atoms with Crippen molar-refractivity contribution in [3.63, 3.8) is 0 Å². The number of fused-ring (bicyclic) bond motifs is 1. The average Bonchev–Trinajstić information content (AvgIpc) is 4.39. The molecule has 14 nitrogen and oxygen atoms in total. The molecule has 3 aromatic carbocycles. The molecule has 0 fully saturated rings. The normalized spacial score (nSPS) is 13.0. The van der Waals surface area contributed by atoms with Crippen LogP contribution >= 0.6 is 82.3 Å². The molecule has 0 bridgehead atoms. The van der Waals surface area contributed by atoms with Gasteiger partial charge in [0, 0.05) is 75.0 Å². The Morgan fingerprint density at radius 2 is 1.37 bits per heavy atom. The van der Waals surface area contributed by atoms with Crippen molar-refractivity contribution in [2.24, 2.45) is 29.1 Å². The molecule has 0 unspecified atom stereocenters. The summed E-state index contributed by atoms with van der Waals surface area (Å²) in [5.41, 5.74) is 17.0. The minimum atomic E-state index is 0.0219. The fraction of sp³-hybridized carbons (Fsp3) is 0.276. The van der Waals surface area contributed by atoms with Crippen molar-refractivity contribution in [1.29, 1.82) is 5.26 Å². The van der Waals surface area contributed by atoms with E-state index in [-0.39, 0.29) is 5.56 Å². The van der Waals surface area contributed by atoms with E-state index in [0.717, 1.165) is 89.9 Å². The van der Waals surface area contributed by atoms with Crippen LogP contribution in [0.2, 0.25) is 10.0 Å². The first-order valence-corrected chi connectivity index (χ1v) is 28.4. The lowest BCUT2D eigenvalue weighted by molar-refractivity contribution is 0.415. The van der Waals surface area contributed by atoms with E-state index >= 15 is 0 Å². The predicted octanol–water partition coefficient (Wildman–Crippen LogP) is 15.4. The summed E-state index contributed by atoms with van der Waals surface area (Å²) in [5, 5.41) is 27.3. The molecule has 0 saturated carbocycles. The van der Waals surface area contributed by atoms with Crippen LogP contribution in [-0.2, 0) is 14.1 Å². The number of allylic oxidation sites excluding steroid dienone is 3. The van der Waals surface area contributed by atoms with Crippen molar-refractivity contribution in [2.45, 2.75) is 69.2 Å². The summed E-state index contributed by atoms with van der Waals surface area (Å²) in [7, 11) is 5.53. The number of thiophene rings is 1. The molecular formula is C58H63Br3Cl2N12O2S. The van der Waals surface area contributed by atoms with Gasteiger partial charge in [0.1, 0.15) is 17.3 Å². The number of halogens is 5. The second-order valence-corrected chi connectivity index (χ2v) is 22.3. The van der Waals surface area contributed by atoms with Crippen LogP contribution in [-0.4, -0.2) is 84.0 Å². The molecule has 3 aliphatic rings. The molecule has 0 radical (unpaired) electrons. The average molecular weight is 1300 g/mol. The van der Waals surface area contributed by atoms with Gasteiger partial charge < -0.3 is 4.74 Å². The van der Waals surface area contributed by atoms with Gasteiger partial charge in [0.05, 0.1) is 74.9 Å². The highest BCUT2D eigenvalue weighted by Crippen LogP contribution is 2.29. The largest absolute Gasteiger partial charge is 0.497 e. The van der Waals surface area contributed by atoms with Gasteiger partial charge in [-0.1, -0.05) is 53.5 Å². The lowest BCUT2D eigenvalue weighted by atomic mass is 10.0. The fourth-order valence-electron chi connectivity index (χ4n) is 7.29. The van der Waals surface area contributed by atoms with Crippen LogP contribution in [0.4, 0.5) is 0 Å². The summed E-state index contributed by atoms with van der Waals surface area (Å²) >= 11 is 23.9. The Hall–Kier alpha value is -6.20. The summed E-state index contributed by atoms with van der Waals surface area (Å²) in [4.78, 5) is 24.0. The Kier molecular flexibility index (Phi) is 23.8. The summed E-state index contributed by atoms with van der Waals surface area (Å²) in [5.74, 6) is 0.891. The zero-order chi connectivity index (χ0) is 57.4. The summed E-state index contributed by atoms with van der Waals surface area (Å²) in [6.07, 6.45) is 5.35. The second kappa shape index (κ2) is 29.7. The fourth-order valence-corrected chi connectivity index (χ4v) is 9.56. The molecule has 0 aliphatic carbocycles. The number of hydrogen-bond donors (Lipinski definition) is 1. The molecule has 0 spiro atoms. The van der Waals surface area contributed by atoms with Crippen LogP contribution < -0.4 is 10.3 Å². The minimum Gasteiger partial charge on any atom is -0.497 e.